The molecule has 1 saturated heterocycles. The zero-order chi connectivity index (χ0) is 15.6. The largest absolute Gasteiger partial charge is 0.468 e. The van der Waals surface area contributed by atoms with Crippen LogP contribution in [0.2, 0.25) is 0 Å². The lowest BCUT2D eigenvalue weighted by molar-refractivity contribution is -0.142. The standard InChI is InChI=1S/C12H17BrN2O4S2/c1-9-7-11(20-12(9)13)21(17,18)15-5-3-14(4-6-15)8-10(16)19-2/h7H,3-6,8H2,1-2H3. The fourth-order valence-corrected chi connectivity index (χ4v) is 5.86. The van der Waals surface area contributed by atoms with E-state index in [1.165, 1.54) is 22.8 Å². The van der Waals surface area contributed by atoms with E-state index in [0.717, 1.165) is 9.35 Å². The average Bonchev–Trinajstić information content (AvgIpc) is 2.80. The molecule has 0 amide bonds. The Morgan fingerprint density at radius 1 is 1.38 bits per heavy atom. The van der Waals surface area contributed by atoms with Crippen molar-refractivity contribution in [1.29, 1.82) is 0 Å². The summed E-state index contributed by atoms with van der Waals surface area (Å²) in [4.78, 5) is 13.1. The Bertz CT molecular complexity index is 602. The minimum Gasteiger partial charge on any atom is -0.468 e. The summed E-state index contributed by atoms with van der Waals surface area (Å²) in [5.41, 5.74) is 0.919. The number of aryl methyl sites for hydroxylation is 1. The molecule has 0 spiro atoms. The summed E-state index contributed by atoms with van der Waals surface area (Å²) in [6.07, 6.45) is 0. The van der Waals surface area contributed by atoms with E-state index in [4.69, 9.17) is 0 Å². The third kappa shape index (κ3) is 3.84. The smallest absolute Gasteiger partial charge is 0.319 e. The molecule has 0 bridgehead atoms. The van der Waals surface area contributed by atoms with E-state index in [9.17, 15) is 13.2 Å². The van der Waals surface area contributed by atoms with Gasteiger partial charge in [-0.3, -0.25) is 9.69 Å². The summed E-state index contributed by atoms with van der Waals surface area (Å²) >= 11 is 4.58. The van der Waals surface area contributed by atoms with Crippen LogP contribution in [-0.4, -0.2) is 63.4 Å². The third-order valence-electron chi connectivity index (χ3n) is 3.34. The highest BCUT2D eigenvalue weighted by molar-refractivity contribution is 9.11. The number of carbonyl (C=O) groups is 1. The molecule has 2 heterocycles. The van der Waals surface area contributed by atoms with Crippen LogP contribution in [0.5, 0.6) is 0 Å². The van der Waals surface area contributed by atoms with Crippen molar-refractivity contribution in [3.05, 3.63) is 15.4 Å². The van der Waals surface area contributed by atoms with Crippen LogP contribution in [0.3, 0.4) is 0 Å². The van der Waals surface area contributed by atoms with Crippen molar-refractivity contribution in [2.75, 3.05) is 39.8 Å². The van der Waals surface area contributed by atoms with Crippen molar-refractivity contribution in [2.45, 2.75) is 11.1 Å². The van der Waals surface area contributed by atoms with Crippen LogP contribution in [0.1, 0.15) is 5.56 Å². The van der Waals surface area contributed by atoms with E-state index >= 15 is 0 Å². The number of methoxy groups -OCH3 is 1. The van der Waals surface area contributed by atoms with Crippen molar-refractivity contribution in [2.24, 2.45) is 0 Å². The topological polar surface area (TPSA) is 66.9 Å². The number of thiophene rings is 1. The minimum atomic E-state index is -3.44. The maximum absolute atomic E-state index is 12.5. The number of ether oxygens (including phenoxy) is 1. The normalized spacial score (nSPS) is 17.9. The molecule has 1 aromatic heterocycles. The molecular formula is C12H17BrN2O4S2. The molecule has 0 atom stereocenters. The van der Waals surface area contributed by atoms with E-state index in [1.807, 2.05) is 11.8 Å². The first-order valence-electron chi connectivity index (χ1n) is 6.40. The van der Waals surface area contributed by atoms with E-state index in [-0.39, 0.29) is 12.5 Å². The van der Waals surface area contributed by atoms with Gasteiger partial charge in [-0.1, -0.05) is 0 Å². The fourth-order valence-electron chi connectivity index (χ4n) is 2.06. The molecule has 0 unspecified atom stereocenters. The van der Waals surface area contributed by atoms with Gasteiger partial charge >= 0.3 is 5.97 Å². The second-order valence-corrected chi connectivity index (χ2v) is 9.31. The Labute approximate surface area is 136 Å². The second kappa shape index (κ2) is 6.74. The molecule has 9 heteroatoms. The predicted octanol–water partition coefficient (Wildman–Crippen LogP) is 1.30. The van der Waals surface area contributed by atoms with Gasteiger partial charge in [0.1, 0.15) is 4.21 Å². The van der Waals surface area contributed by atoms with Gasteiger partial charge in [-0.15, -0.1) is 11.3 Å². The SMILES string of the molecule is COC(=O)CN1CCN(S(=O)(=O)c2cc(C)c(Br)s2)CC1. The first-order valence-corrected chi connectivity index (χ1v) is 9.45. The number of hydrogen-bond donors (Lipinski definition) is 0. The van der Waals surface area contributed by atoms with Crippen LogP contribution in [0.15, 0.2) is 14.1 Å². The Kier molecular flexibility index (Phi) is 5.42. The quantitative estimate of drug-likeness (QED) is 0.717. The van der Waals surface area contributed by atoms with Crippen LogP contribution >= 0.6 is 27.3 Å². The molecule has 21 heavy (non-hydrogen) atoms. The van der Waals surface area contributed by atoms with Crippen LogP contribution in [-0.2, 0) is 19.6 Å². The van der Waals surface area contributed by atoms with Crippen LogP contribution in [0.25, 0.3) is 0 Å². The Balaban J connectivity index is 2.02. The van der Waals surface area contributed by atoms with Gasteiger partial charge in [0.05, 0.1) is 17.4 Å². The van der Waals surface area contributed by atoms with Gasteiger partial charge in [-0.2, -0.15) is 4.31 Å². The molecule has 1 aliphatic rings. The lowest BCUT2D eigenvalue weighted by Gasteiger charge is -2.32. The molecule has 0 aromatic carbocycles. The van der Waals surface area contributed by atoms with Gasteiger partial charge < -0.3 is 4.74 Å². The van der Waals surface area contributed by atoms with Crippen molar-refractivity contribution in [3.63, 3.8) is 0 Å². The van der Waals surface area contributed by atoms with Crippen LogP contribution in [0, 0.1) is 6.92 Å². The molecule has 1 aromatic rings. The van der Waals surface area contributed by atoms with E-state index in [1.54, 1.807) is 6.07 Å². The average molecular weight is 397 g/mol. The molecule has 2 rings (SSSR count). The Morgan fingerprint density at radius 2 is 2.00 bits per heavy atom. The molecule has 0 saturated carbocycles. The first kappa shape index (κ1) is 16.9. The Morgan fingerprint density at radius 3 is 2.48 bits per heavy atom. The molecule has 1 aliphatic heterocycles. The maximum atomic E-state index is 12.5. The van der Waals surface area contributed by atoms with E-state index in [2.05, 4.69) is 20.7 Å². The summed E-state index contributed by atoms with van der Waals surface area (Å²) < 4.78 is 32.4. The summed E-state index contributed by atoms with van der Waals surface area (Å²) in [6, 6.07) is 1.69. The third-order valence-corrected chi connectivity index (χ3v) is 7.82. The van der Waals surface area contributed by atoms with E-state index < -0.39 is 10.0 Å². The molecule has 118 valence electrons. The van der Waals surface area contributed by atoms with Crippen LogP contribution < -0.4 is 0 Å². The zero-order valence-corrected chi connectivity index (χ0v) is 15.1. The number of sulfonamides is 1. The summed E-state index contributed by atoms with van der Waals surface area (Å²) in [7, 11) is -2.09. The van der Waals surface area contributed by atoms with Crippen molar-refractivity contribution >= 4 is 43.3 Å². The molecule has 6 nitrogen and oxygen atoms in total. The predicted molar refractivity (Wildman–Crippen MR) is 84.0 cm³/mol. The monoisotopic (exact) mass is 396 g/mol. The van der Waals surface area contributed by atoms with E-state index in [0.29, 0.717) is 30.4 Å². The highest BCUT2D eigenvalue weighted by Gasteiger charge is 2.30. The van der Waals surface area contributed by atoms with Gasteiger partial charge in [0.15, 0.2) is 0 Å². The summed E-state index contributed by atoms with van der Waals surface area (Å²) in [5.74, 6) is -0.302. The highest BCUT2D eigenvalue weighted by atomic mass is 79.9. The maximum Gasteiger partial charge on any atom is 0.319 e. The summed E-state index contributed by atoms with van der Waals surface area (Å²) in [6.45, 7) is 3.89. The van der Waals surface area contributed by atoms with Gasteiger partial charge in [0, 0.05) is 26.2 Å². The number of piperazine rings is 1. The first-order chi connectivity index (χ1) is 9.84. The Hall–Kier alpha value is -0.480. The van der Waals surface area contributed by atoms with Gasteiger partial charge in [0.25, 0.3) is 10.0 Å². The molecule has 0 aliphatic carbocycles. The van der Waals surface area contributed by atoms with Gasteiger partial charge in [-0.05, 0) is 34.5 Å². The van der Waals surface area contributed by atoms with Gasteiger partial charge in [-0.25, -0.2) is 8.42 Å². The zero-order valence-electron chi connectivity index (χ0n) is 11.8. The van der Waals surface area contributed by atoms with Gasteiger partial charge in [0.2, 0.25) is 0 Å². The second-order valence-electron chi connectivity index (χ2n) is 4.78. The number of nitrogens with zero attached hydrogens (tertiary/aromatic N) is 2. The molecule has 0 N–H and O–H groups in total. The van der Waals surface area contributed by atoms with Crippen molar-refractivity contribution in [1.82, 2.24) is 9.21 Å². The number of esters is 1. The molecular weight excluding hydrogens is 380 g/mol. The lowest BCUT2D eigenvalue weighted by atomic mass is 10.3. The highest BCUT2D eigenvalue weighted by Crippen LogP contribution is 2.32. The lowest BCUT2D eigenvalue weighted by Crippen LogP contribution is -2.49. The van der Waals surface area contributed by atoms with Crippen molar-refractivity contribution < 1.29 is 17.9 Å². The van der Waals surface area contributed by atoms with Crippen molar-refractivity contribution in [3.8, 4) is 0 Å². The summed E-state index contributed by atoms with van der Waals surface area (Å²) in [5, 5.41) is 0. The number of rotatable bonds is 4. The molecule has 0 radical (unpaired) electrons. The minimum absolute atomic E-state index is 0.202. The number of halogens is 1. The molecule has 1 fully saturated rings. The van der Waals surface area contributed by atoms with Crippen LogP contribution in [0.4, 0.5) is 0 Å². The number of carbonyl (C=O) groups excluding carboxylic acids is 1. The number of hydrogen-bond acceptors (Lipinski definition) is 6. The fraction of sp³-hybridized carbons (Fsp3) is 0.583.